The smallest absolute Gasteiger partial charge is 0.341 e. The Kier molecular flexibility index (Phi) is 8.22. The number of carbonyl (C=O) groups is 2. The van der Waals surface area contributed by atoms with Crippen LogP contribution >= 0.6 is 27.5 Å². The van der Waals surface area contributed by atoms with Crippen molar-refractivity contribution in [2.45, 2.75) is 13.3 Å². The van der Waals surface area contributed by atoms with E-state index in [4.69, 9.17) is 21.4 Å². The number of nitriles is 1. The summed E-state index contributed by atoms with van der Waals surface area (Å²) in [4.78, 5) is 23.3. The monoisotopic (exact) mass is 488 g/mol. The van der Waals surface area contributed by atoms with Crippen LogP contribution in [0.1, 0.15) is 16.7 Å². The van der Waals surface area contributed by atoms with Crippen LogP contribution in [0.25, 0.3) is 6.08 Å². The maximum absolute atomic E-state index is 12.5. The molecule has 2 N–H and O–H groups in total. The summed E-state index contributed by atoms with van der Waals surface area (Å²) in [7, 11) is 0. The lowest BCUT2D eigenvalue weighted by atomic mass is 10.0. The van der Waals surface area contributed by atoms with Crippen molar-refractivity contribution in [1.82, 2.24) is 0 Å². The summed E-state index contributed by atoms with van der Waals surface area (Å²) >= 11 is 9.43. The molecule has 0 aliphatic rings. The molecule has 0 saturated carbocycles. The number of hydrogen-bond acceptors (Lipinski definition) is 4. The molecule has 0 heterocycles. The van der Waals surface area contributed by atoms with Crippen LogP contribution in [0.5, 0.6) is 5.75 Å². The molecule has 154 valence electrons. The number of benzene rings is 2. The number of aryl methyl sites for hydroxylation is 1. The van der Waals surface area contributed by atoms with Crippen LogP contribution in [-0.4, -0.2) is 23.6 Å². The first-order valence-electron chi connectivity index (χ1n) is 8.72. The molecular formula is C22H18BrClN2O4. The molecule has 0 bridgehead atoms. The lowest BCUT2D eigenvalue weighted by Crippen LogP contribution is -2.13. The van der Waals surface area contributed by atoms with Gasteiger partial charge in [-0.1, -0.05) is 23.7 Å². The van der Waals surface area contributed by atoms with Crippen molar-refractivity contribution in [3.8, 4) is 11.8 Å². The molecule has 2 rings (SSSR count). The van der Waals surface area contributed by atoms with E-state index < -0.39 is 18.5 Å². The van der Waals surface area contributed by atoms with Crippen LogP contribution in [0.3, 0.4) is 0 Å². The molecule has 0 spiro atoms. The number of allylic oxidation sites excluding steroid dienone is 1. The van der Waals surface area contributed by atoms with Gasteiger partial charge in [0.15, 0.2) is 6.61 Å². The van der Waals surface area contributed by atoms with Crippen molar-refractivity contribution in [2.75, 3.05) is 11.9 Å². The molecule has 0 aliphatic carbocycles. The summed E-state index contributed by atoms with van der Waals surface area (Å²) in [6, 6.07) is 10.3. The first-order chi connectivity index (χ1) is 14.2. The number of carbonyl (C=O) groups excluding carboxylic acids is 1. The number of carboxylic acids is 1. The molecule has 0 saturated heterocycles. The number of ether oxygens (including phenoxy) is 1. The number of nitrogens with zero attached hydrogens (tertiary/aromatic N) is 1. The zero-order valence-corrected chi connectivity index (χ0v) is 18.4. The number of rotatable bonds is 8. The van der Waals surface area contributed by atoms with Gasteiger partial charge in [-0.2, -0.15) is 5.26 Å². The van der Waals surface area contributed by atoms with E-state index >= 15 is 0 Å². The molecule has 30 heavy (non-hydrogen) atoms. The second-order valence-corrected chi connectivity index (χ2v) is 7.52. The normalized spacial score (nSPS) is 10.8. The van der Waals surface area contributed by atoms with Gasteiger partial charge in [-0.05, 0) is 76.3 Å². The summed E-state index contributed by atoms with van der Waals surface area (Å²) in [5.41, 5.74) is 2.46. The molecular weight excluding hydrogens is 472 g/mol. The average molecular weight is 490 g/mol. The van der Waals surface area contributed by atoms with Gasteiger partial charge in [0.05, 0.1) is 4.47 Å². The van der Waals surface area contributed by atoms with E-state index in [1.54, 1.807) is 36.4 Å². The lowest BCUT2D eigenvalue weighted by Gasteiger charge is -2.13. The van der Waals surface area contributed by atoms with Crippen LogP contribution < -0.4 is 10.1 Å². The van der Waals surface area contributed by atoms with Gasteiger partial charge in [-0.15, -0.1) is 6.58 Å². The highest BCUT2D eigenvalue weighted by atomic mass is 79.9. The third-order valence-corrected chi connectivity index (χ3v) is 4.95. The Balaban J connectivity index is 2.34. The minimum absolute atomic E-state index is 0.109. The van der Waals surface area contributed by atoms with E-state index in [-0.39, 0.29) is 5.57 Å². The molecule has 6 nitrogen and oxygen atoms in total. The Bertz CT molecular complexity index is 1070. The highest BCUT2D eigenvalue weighted by Crippen LogP contribution is 2.32. The molecule has 0 unspecified atom stereocenters. The Morgan fingerprint density at radius 2 is 2.10 bits per heavy atom. The summed E-state index contributed by atoms with van der Waals surface area (Å²) in [5.74, 6) is -1.31. The highest BCUT2D eigenvalue weighted by Gasteiger charge is 2.14. The number of anilines is 1. The van der Waals surface area contributed by atoms with E-state index in [9.17, 15) is 14.9 Å². The quantitative estimate of drug-likeness (QED) is 0.303. The standard InChI is InChI=1S/C22H18BrClN2O4/c1-3-4-15-7-14(9-18(23)21(15)30-12-20(27)28)8-16(11-25)22(29)26-17-6-5-13(2)19(24)10-17/h3,5-10H,1,4,12H2,2H3,(H,26,29)(H,27,28)/b16-8-. The topological polar surface area (TPSA) is 99.4 Å². The molecule has 0 atom stereocenters. The summed E-state index contributed by atoms with van der Waals surface area (Å²) in [6.07, 6.45) is 3.48. The zero-order chi connectivity index (χ0) is 22.3. The van der Waals surface area contributed by atoms with Crippen molar-refractivity contribution in [2.24, 2.45) is 0 Å². The number of halogens is 2. The Hall–Kier alpha value is -3.08. The fourth-order valence-corrected chi connectivity index (χ4v) is 3.36. The third-order valence-electron chi connectivity index (χ3n) is 3.95. The minimum Gasteiger partial charge on any atom is -0.480 e. The van der Waals surface area contributed by atoms with Gasteiger partial charge in [0.1, 0.15) is 17.4 Å². The second kappa shape index (κ2) is 10.6. The molecule has 0 aliphatic heterocycles. The molecule has 1 amide bonds. The van der Waals surface area contributed by atoms with Crippen LogP contribution in [0.2, 0.25) is 5.02 Å². The van der Waals surface area contributed by atoms with Crippen LogP contribution in [0.4, 0.5) is 5.69 Å². The zero-order valence-electron chi connectivity index (χ0n) is 16.0. The summed E-state index contributed by atoms with van der Waals surface area (Å²) in [6.45, 7) is 5.03. The predicted octanol–water partition coefficient (Wildman–Crippen LogP) is 5.15. The van der Waals surface area contributed by atoms with Gasteiger partial charge in [-0.3, -0.25) is 4.79 Å². The van der Waals surface area contributed by atoms with Gasteiger partial charge >= 0.3 is 5.97 Å². The maximum atomic E-state index is 12.5. The predicted molar refractivity (Wildman–Crippen MR) is 120 cm³/mol. The number of aliphatic carboxylic acids is 1. The van der Waals surface area contributed by atoms with E-state index in [1.165, 1.54) is 6.08 Å². The molecule has 0 aromatic heterocycles. The van der Waals surface area contributed by atoms with E-state index in [1.807, 2.05) is 13.0 Å². The number of carboxylic acid groups (broad SMARTS) is 1. The number of amides is 1. The fourth-order valence-electron chi connectivity index (χ4n) is 2.54. The highest BCUT2D eigenvalue weighted by molar-refractivity contribution is 9.10. The summed E-state index contributed by atoms with van der Waals surface area (Å²) < 4.78 is 5.84. The molecule has 0 fully saturated rings. The Morgan fingerprint density at radius 1 is 1.37 bits per heavy atom. The van der Waals surface area contributed by atoms with Crippen molar-refractivity contribution in [3.63, 3.8) is 0 Å². The lowest BCUT2D eigenvalue weighted by molar-refractivity contribution is -0.139. The Labute approximate surface area is 187 Å². The number of hydrogen-bond donors (Lipinski definition) is 2. The first-order valence-corrected chi connectivity index (χ1v) is 9.89. The van der Waals surface area contributed by atoms with Crippen molar-refractivity contribution in [3.05, 3.63) is 74.7 Å². The fraction of sp³-hybridized carbons (Fsp3) is 0.136. The summed E-state index contributed by atoms with van der Waals surface area (Å²) in [5, 5.41) is 21.5. The van der Waals surface area contributed by atoms with Crippen LogP contribution in [-0.2, 0) is 16.0 Å². The van der Waals surface area contributed by atoms with Gasteiger partial charge in [0.25, 0.3) is 5.91 Å². The minimum atomic E-state index is -1.10. The van der Waals surface area contributed by atoms with Crippen molar-refractivity contribution < 1.29 is 19.4 Å². The van der Waals surface area contributed by atoms with Gasteiger partial charge in [-0.25, -0.2) is 4.79 Å². The number of nitrogens with one attached hydrogen (secondary N) is 1. The van der Waals surface area contributed by atoms with Crippen LogP contribution in [0.15, 0.2) is 53.0 Å². The molecule has 8 heteroatoms. The average Bonchev–Trinajstić information content (AvgIpc) is 2.68. The molecule has 0 radical (unpaired) electrons. The second-order valence-electron chi connectivity index (χ2n) is 6.25. The largest absolute Gasteiger partial charge is 0.480 e. The van der Waals surface area contributed by atoms with Gasteiger partial charge in [0, 0.05) is 10.7 Å². The van der Waals surface area contributed by atoms with Crippen molar-refractivity contribution >= 4 is 51.2 Å². The molecule has 2 aromatic carbocycles. The van der Waals surface area contributed by atoms with Gasteiger partial charge < -0.3 is 15.2 Å². The van der Waals surface area contributed by atoms with E-state index in [0.29, 0.717) is 38.5 Å². The maximum Gasteiger partial charge on any atom is 0.341 e. The van der Waals surface area contributed by atoms with E-state index in [2.05, 4.69) is 27.8 Å². The van der Waals surface area contributed by atoms with Crippen LogP contribution in [0, 0.1) is 18.3 Å². The first kappa shape index (κ1) is 23.2. The Morgan fingerprint density at radius 3 is 2.70 bits per heavy atom. The molecule has 2 aromatic rings. The van der Waals surface area contributed by atoms with Crippen molar-refractivity contribution in [1.29, 1.82) is 5.26 Å². The van der Waals surface area contributed by atoms with Gasteiger partial charge in [0.2, 0.25) is 0 Å². The SMILES string of the molecule is C=CCc1cc(/C=C(/C#N)C(=O)Nc2ccc(C)c(Cl)c2)cc(Br)c1OCC(=O)O. The third kappa shape index (κ3) is 6.21. The van der Waals surface area contributed by atoms with E-state index in [0.717, 1.165) is 5.56 Å².